The van der Waals surface area contributed by atoms with Gasteiger partial charge >= 0.3 is 0 Å². The number of nitrogens with one attached hydrogen (secondary N) is 1. The molecule has 0 unspecified atom stereocenters. The summed E-state index contributed by atoms with van der Waals surface area (Å²) >= 11 is 0. The van der Waals surface area contributed by atoms with Crippen LogP contribution in [-0.4, -0.2) is 29.3 Å². The summed E-state index contributed by atoms with van der Waals surface area (Å²) in [5.74, 6) is 0.563. The van der Waals surface area contributed by atoms with Gasteiger partial charge in [-0.25, -0.2) is 9.37 Å². The van der Waals surface area contributed by atoms with Crippen LogP contribution in [0, 0.1) is 5.82 Å². The summed E-state index contributed by atoms with van der Waals surface area (Å²) < 4.78 is 20.8. The highest BCUT2D eigenvalue weighted by atomic mass is 19.1. The Labute approximate surface area is 118 Å². The third-order valence-electron chi connectivity index (χ3n) is 2.97. The summed E-state index contributed by atoms with van der Waals surface area (Å²) in [6, 6.07) is 6.79. The van der Waals surface area contributed by atoms with Crippen LogP contribution in [-0.2, 0) is 11.3 Å². The highest BCUT2D eigenvalue weighted by Crippen LogP contribution is 2.12. The van der Waals surface area contributed by atoms with Crippen LogP contribution in [0.15, 0.2) is 36.7 Å². The summed E-state index contributed by atoms with van der Waals surface area (Å²) in [4.78, 5) is 4.25. The SMILES string of the molecule is CCOCCCNc1nccn1Cc1ccccc1F. The molecule has 2 aromatic rings. The lowest BCUT2D eigenvalue weighted by molar-refractivity contribution is 0.147. The van der Waals surface area contributed by atoms with E-state index in [-0.39, 0.29) is 5.82 Å². The quantitative estimate of drug-likeness (QED) is 0.754. The van der Waals surface area contributed by atoms with Crippen molar-refractivity contribution in [1.29, 1.82) is 0 Å². The molecular formula is C15H20FN3O. The Kier molecular flexibility index (Phi) is 5.55. The number of ether oxygens (including phenoxy) is 1. The molecule has 0 aliphatic rings. The molecule has 20 heavy (non-hydrogen) atoms. The van der Waals surface area contributed by atoms with Gasteiger partial charge in [-0.15, -0.1) is 0 Å². The molecule has 0 atom stereocenters. The number of benzene rings is 1. The Hall–Kier alpha value is -1.88. The molecule has 0 saturated heterocycles. The van der Waals surface area contributed by atoms with Gasteiger partial charge in [-0.2, -0.15) is 0 Å². The molecule has 0 radical (unpaired) electrons. The molecule has 4 nitrogen and oxygen atoms in total. The Morgan fingerprint density at radius 1 is 1.35 bits per heavy atom. The van der Waals surface area contributed by atoms with Crippen LogP contribution < -0.4 is 5.32 Å². The van der Waals surface area contributed by atoms with Gasteiger partial charge in [0.05, 0.1) is 6.54 Å². The first-order valence-corrected chi connectivity index (χ1v) is 6.87. The fraction of sp³-hybridized carbons (Fsp3) is 0.400. The average molecular weight is 277 g/mol. The standard InChI is InChI=1S/C15H20FN3O/c1-2-20-11-5-8-17-15-18-9-10-19(15)12-13-6-3-4-7-14(13)16/h3-4,6-7,9-10H,2,5,8,11-12H2,1H3,(H,17,18). The molecule has 1 aromatic carbocycles. The minimum Gasteiger partial charge on any atom is -0.382 e. The van der Waals surface area contributed by atoms with Gasteiger partial charge in [-0.1, -0.05) is 18.2 Å². The van der Waals surface area contributed by atoms with E-state index < -0.39 is 0 Å². The van der Waals surface area contributed by atoms with Crippen molar-refractivity contribution in [3.63, 3.8) is 0 Å². The average Bonchev–Trinajstić information content (AvgIpc) is 2.89. The Balaban J connectivity index is 1.90. The van der Waals surface area contributed by atoms with Crippen LogP contribution in [0.1, 0.15) is 18.9 Å². The lowest BCUT2D eigenvalue weighted by Crippen LogP contribution is -2.11. The van der Waals surface area contributed by atoms with Crippen molar-refractivity contribution in [3.05, 3.63) is 48.0 Å². The third kappa shape index (κ3) is 4.06. The summed E-state index contributed by atoms with van der Waals surface area (Å²) in [5, 5.41) is 3.24. The maximum atomic E-state index is 13.6. The van der Waals surface area contributed by atoms with Crippen molar-refractivity contribution in [2.45, 2.75) is 19.9 Å². The number of aromatic nitrogens is 2. The minimum absolute atomic E-state index is 0.191. The molecule has 0 saturated carbocycles. The molecule has 5 heteroatoms. The second kappa shape index (κ2) is 7.65. The van der Waals surface area contributed by atoms with Gasteiger partial charge in [0, 0.05) is 37.7 Å². The van der Waals surface area contributed by atoms with Gasteiger partial charge in [0.2, 0.25) is 5.95 Å². The zero-order valence-corrected chi connectivity index (χ0v) is 11.7. The first kappa shape index (κ1) is 14.5. The van der Waals surface area contributed by atoms with Crippen LogP contribution in [0.2, 0.25) is 0 Å². The maximum absolute atomic E-state index is 13.6. The van der Waals surface area contributed by atoms with E-state index in [1.54, 1.807) is 18.3 Å². The van der Waals surface area contributed by atoms with Crippen LogP contribution in [0.4, 0.5) is 10.3 Å². The second-order valence-corrected chi connectivity index (χ2v) is 4.45. The monoisotopic (exact) mass is 277 g/mol. The van der Waals surface area contributed by atoms with Crippen molar-refractivity contribution in [2.75, 3.05) is 25.1 Å². The molecule has 2 rings (SSSR count). The molecule has 1 heterocycles. The molecule has 0 fully saturated rings. The number of hydrogen-bond acceptors (Lipinski definition) is 3. The van der Waals surface area contributed by atoms with E-state index in [1.807, 2.05) is 23.8 Å². The fourth-order valence-corrected chi connectivity index (χ4v) is 1.93. The van der Waals surface area contributed by atoms with E-state index in [2.05, 4.69) is 10.3 Å². The van der Waals surface area contributed by atoms with Crippen LogP contribution in [0.3, 0.4) is 0 Å². The van der Waals surface area contributed by atoms with E-state index in [0.29, 0.717) is 12.1 Å². The van der Waals surface area contributed by atoms with Gasteiger partial charge in [-0.3, -0.25) is 0 Å². The van der Waals surface area contributed by atoms with Crippen molar-refractivity contribution < 1.29 is 9.13 Å². The molecule has 1 aromatic heterocycles. The molecular weight excluding hydrogens is 257 g/mol. The van der Waals surface area contributed by atoms with E-state index >= 15 is 0 Å². The van der Waals surface area contributed by atoms with Crippen LogP contribution in [0.5, 0.6) is 0 Å². The van der Waals surface area contributed by atoms with Gasteiger partial charge in [0.25, 0.3) is 0 Å². The Morgan fingerprint density at radius 2 is 2.20 bits per heavy atom. The Bertz CT molecular complexity index is 527. The molecule has 0 spiro atoms. The van der Waals surface area contributed by atoms with Gasteiger partial charge < -0.3 is 14.6 Å². The van der Waals surface area contributed by atoms with Gasteiger partial charge in [-0.05, 0) is 19.4 Å². The van der Waals surface area contributed by atoms with E-state index in [4.69, 9.17) is 4.74 Å². The first-order chi connectivity index (χ1) is 9.81. The highest BCUT2D eigenvalue weighted by Gasteiger charge is 2.06. The molecule has 0 amide bonds. The lowest BCUT2D eigenvalue weighted by Gasteiger charge is -2.10. The number of halogens is 1. The molecule has 1 N–H and O–H groups in total. The molecule has 108 valence electrons. The molecule has 0 aliphatic heterocycles. The summed E-state index contributed by atoms with van der Waals surface area (Å²) in [5.41, 5.74) is 0.655. The predicted molar refractivity (Wildman–Crippen MR) is 77.3 cm³/mol. The van der Waals surface area contributed by atoms with Crippen molar-refractivity contribution in [2.24, 2.45) is 0 Å². The predicted octanol–water partition coefficient (Wildman–Crippen LogP) is 2.91. The van der Waals surface area contributed by atoms with Crippen LogP contribution >= 0.6 is 0 Å². The summed E-state index contributed by atoms with van der Waals surface area (Å²) in [7, 11) is 0. The number of rotatable bonds is 8. The van der Waals surface area contributed by atoms with Crippen molar-refractivity contribution in [1.82, 2.24) is 9.55 Å². The van der Waals surface area contributed by atoms with Gasteiger partial charge in [0.1, 0.15) is 5.82 Å². The molecule has 0 bridgehead atoms. The number of hydrogen-bond donors (Lipinski definition) is 1. The highest BCUT2D eigenvalue weighted by molar-refractivity contribution is 5.28. The first-order valence-electron chi connectivity index (χ1n) is 6.87. The minimum atomic E-state index is -0.191. The second-order valence-electron chi connectivity index (χ2n) is 4.45. The van der Waals surface area contributed by atoms with E-state index in [9.17, 15) is 4.39 Å². The van der Waals surface area contributed by atoms with E-state index in [1.165, 1.54) is 6.07 Å². The number of anilines is 1. The van der Waals surface area contributed by atoms with E-state index in [0.717, 1.165) is 32.1 Å². The number of nitrogens with zero attached hydrogens (tertiary/aromatic N) is 2. The maximum Gasteiger partial charge on any atom is 0.203 e. The Morgan fingerprint density at radius 3 is 3.00 bits per heavy atom. The fourth-order valence-electron chi connectivity index (χ4n) is 1.93. The largest absolute Gasteiger partial charge is 0.382 e. The number of imidazole rings is 1. The van der Waals surface area contributed by atoms with Gasteiger partial charge in [0.15, 0.2) is 0 Å². The molecule has 0 aliphatic carbocycles. The summed E-state index contributed by atoms with van der Waals surface area (Å²) in [6.07, 6.45) is 4.48. The smallest absolute Gasteiger partial charge is 0.203 e. The zero-order chi connectivity index (χ0) is 14.2. The normalized spacial score (nSPS) is 10.7. The van der Waals surface area contributed by atoms with Crippen LogP contribution in [0.25, 0.3) is 0 Å². The topological polar surface area (TPSA) is 39.1 Å². The summed E-state index contributed by atoms with van der Waals surface area (Å²) in [6.45, 7) is 4.71. The third-order valence-corrected chi connectivity index (χ3v) is 2.97. The van der Waals surface area contributed by atoms with Crippen molar-refractivity contribution in [3.8, 4) is 0 Å². The lowest BCUT2D eigenvalue weighted by atomic mass is 10.2. The zero-order valence-electron chi connectivity index (χ0n) is 11.7. The van der Waals surface area contributed by atoms with Crippen molar-refractivity contribution >= 4 is 5.95 Å².